The monoisotopic (exact) mass is 517 g/mol. The summed E-state index contributed by atoms with van der Waals surface area (Å²) in [5, 5.41) is 7.07. The van der Waals surface area contributed by atoms with Gasteiger partial charge in [-0.25, -0.2) is 9.97 Å². The summed E-state index contributed by atoms with van der Waals surface area (Å²) in [5.74, 6) is 1.15. The molecule has 0 atom stereocenters. The van der Waals surface area contributed by atoms with Gasteiger partial charge < -0.3 is 4.42 Å². The molecular weight excluding hydrogens is 490 g/mol. The molecule has 0 N–H and O–H groups in total. The molecular formula is C36H27N3O. The molecule has 0 bridgehead atoms. The van der Waals surface area contributed by atoms with Crippen LogP contribution in [0.15, 0.2) is 108 Å². The molecule has 8 rings (SSSR count). The fourth-order valence-electron chi connectivity index (χ4n) is 6.36. The Balaban J connectivity index is 1.58. The summed E-state index contributed by atoms with van der Waals surface area (Å²) >= 11 is 0. The van der Waals surface area contributed by atoms with Crippen LogP contribution in [0.1, 0.15) is 31.0 Å². The Kier molecular flexibility index (Phi) is 4.89. The van der Waals surface area contributed by atoms with Crippen molar-refractivity contribution in [3.05, 3.63) is 114 Å². The SMILES string of the molecule is Cc1ccc2c(n1)oc1c(-c3nc4ccccc4n3-c3c(C(C)C)c4ccccc4c4ccccc34)cccc12. The molecule has 0 radical (unpaired) electrons. The molecule has 0 saturated carbocycles. The van der Waals surface area contributed by atoms with Crippen LogP contribution in [0.2, 0.25) is 0 Å². The fraction of sp³-hybridized carbons (Fsp3) is 0.111. The fourth-order valence-corrected chi connectivity index (χ4v) is 6.36. The van der Waals surface area contributed by atoms with E-state index < -0.39 is 0 Å². The number of benzene rings is 5. The number of hydrogen-bond donors (Lipinski definition) is 0. The van der Waals surface area contributed by atoms with Crippen molar-refractivity contribution >= 4 is 54.6 Å². The number of aromatic nitrogens is 3. The summed E-state index contributed by atoms with van der Waals surface area (Å²) in [7, 11) is 0. The van der Waals surface area contributed by atoms with Crippen LogP contribution < -0.4 is 0 Å². The number of hydrogen-bond acceptors (Lipinski definition) is 3. The van der Waals surface area contributed by atoms with Gasteiger partial charge in [0.2, 0.25) is 5.71 Å². The van der Waals surface area contributed by atoms with Gasteiger partial charge in [0, 0.05) is 21.9 Å². The van der Waals surface area contributed by atoms with E-state index in [2.05, 4.69) is 120 Å². The molecule has 40 heavy (non-hydrogen) atoms. The van der Waals surface area contributed by atoms with Gasteiger partial charge in [0.1, 0.15) is 11.4 Å². The topological polar surface area (TPSA) is 43.9 Å². The summed E-state index contributed by atoms with van der Waals surface area (Å²) < 4.78 is 8.84. The van der Waals surface area contributed by atoms with Crippen molar-refractivity contribution < 1.29 is 4.42 Å². The molecule has 3 heterocycles. The lowest BCUT2D eigenvalue weighted by molar-refractivity contribution is 0.653. The van der Waals surface area contributed by atoms with Crippen molar-refractivity contribution in [2.24, 2.45) is 0 Å². The molecule has 3 aromatic heterocycles. The second-order valence-electron chi connectivity index (χ2n) is 10.9. The zero-order valence-corrected chi connectivity index (χ0v) is 22.6. The molecule has 0 aliphatic rings. The average molecular weight is 518 g/mol. The molecule has 0 fully saturated rings. The van der Waals surface area contributed by atoms with E-state index in [0.29, 0.717) is 5.71 Å². The van der Waals surface area contributed by atoms with E-state index in [1.54, 1.807) is 0 Å². The van der Waals surface area contributed by atoms with Gasteiger partial charge in [-0.1, -0.05) is 86.6 Å². The van der Waals surface area contributed by atoms with Gasteiger partial charge in [0.25, 0.3) is 0 Å². The molecule has 0 aliphatic heterocycles. The van der Waals surface area contributed by atoms with Gasteiger partial charge in [0.15, 0.2) is 0 Å². The van der Waals surface area contributed by atoms with Crippen molar-refractivity contribution in [1.29, 1.82) is 0 Å². The highest BCUT2D eigenvalue weighted by molar-refractivity contribution is 6.14. The molecule has 0 amide bonds. The normalized spacial score (nSPS) is 12.1. The smallest absolute Gasteiger partial charge is 0.227 e. The molecule has 192 valence electrons. The number of aryl methyl sites for hydroxylation is 1. The zero-order valence-electron chi connectivity index (χ0n) is 22.6. The number of imidazole rings is 1. The van der Waals surface area contributed by atoms with E-state index in [9.17, 15) is 0 Å². The Hall–Kier alpha value is -4.96. The number of pyridine rings is 1. The molecule has 8 aromatic rings. The minimum atomic E-state index is 0.285. The van der Waals surface area contributed by atoms with Gasteiger partial charge >= 0.3 is 0 Å². The molecule has 0 saturated heterocycles. The van der Waals surface area contributed by atoms with Crippen molar-refractivity contribution in [3.63, 3.8) is 0 Å². The lowest BCUT2D eigenvalue weighted by Gasteiger charge is -2.22. The Morgan fingerprint density at radius 3 is 2.10 bits per heavy atom. The Labute approximate surface area is 231 Å². The van der Waals surface area contributed by atoms with Crippen LogP contribution >= 0.6 is 0 Å². The second-order valence-corrected chi connectivity index (χ2v) is 10.9. The number of nitrogens with zero attached hydrogens (tertiary/aromatic N) is 3. The number of rotatable bonds is 3. The van der Waals surface area contributed by atoms with Gasteiger partial charge in [0.05, 0.1) is 22.3 Å². The van der Waals surface area contributed by atoms with Crippen LogP contribution in [0.3, 0.4) is 0 Å². The highest BCUT2D eigenvalue weighted by atomic mass is 16.3. The minimum Gasteiger partial charge on any atom is -0.437 e. The summed E-state index contributed by atoms with van der Waals surface area (Å²) in [6.07, 6.45) is 0. The average Bonchev–Trinajstić information content (AvgIpc) is 3.54. The first kappa shape index (κ1) is 23.0. The van der Waals surface area contributed by atoms with Gasteiger partial charge in [-0.2, -0.15) is 0 Å². The Morgan fingerprint density at radius 1 is 0.625 bits per heavy atom. The van der Waals surface area contributed by atoms with Gasteiger partial charge in [-0.3, -0.25) is 4.57 Å². The van der Waals surface area contributed by atoms with E-state index in [4.69, 9.17) is 9.40 Å². The first-order valence-electron chi connectivity index (χ1n) is 13.8. The van der Waals surface area contributed by atoms with Crippen LogP contribution in [0.25, 0.3) is 71.7 Å². The molecule has 5 aromatic carbocycles. The van der Waals surface area contributed by atoms with E-state index in [1.165, 1.54) is 32.8 Å². The van der Waals surface area contributed by atoms with Crippen LogP contribution in [-0.4, -0.2) is 14.5 Å². The van der Waals surface area contributed by atoms with Crippen molar-refractivity contribution in [2.45, 2.75) is 26.7 Å². The standard InChI is InChI=1S/C36H27N3O/c1-21(2)32-25-13-6-4-11-23(25)24-12-5-7-14-26(24)33(32)39-31-18-9-8-17-30(31)38-35(39)29-16-10-15-27-28-20-19-22(3)37-36(28)40-34(27)29/h4-21H,1-3H3. The molecule has 0 aliphatic carbocycles. The lowest BCUT2D eigenvalue weighted by Crippen LogP contribution is -2.06. The first-order valence-corrected chi connectivity index (χ1v) is 13.8. The molecule has 0 spiro atoms. The third-order valence-corrected chi connectivity index (χ3v) is 8.05. The van der Waals surface area contributed by atoms with Crippen LogP contribution in [0.4, 0.5) is 0 Å². The highest BCUT2D eigenvalue weighted by Gasteiger charge is 2.25. The Bertz CT molecular complexity index is 2270. The van der Waals surface area contributed by atoms with E-state index >= 15 is 0 Å². The predicted octanol–water partition coefficient (Wildman–Crippen LogP) is 9.73. The minimum absolute atomic E-state index is 0.285. The Morgan fingerprint density at radius 2 is 1.30 bits per heavy atom. The number of para-hydroxylation sites is 3. The van der Waals surface area contributed by atoms with E-state index in [1.807, 2.05) is 13.0 Å². The second kappa shape index (κ2) is 8.52. The van der Waals surface area contributed by atoms with E-state index in [0.717, 1.165) is 44.5 Å². The number of furan rings is 1. The molecule has 4 heteroatoms. The first-order chi connectivity index (χ1) is 19.6. The maximum absolute atomic E-state index is 6.48. The maximum atomic E-state index is 6.48. The van der Waals surface area contributed by atoms with E-state index in [-0.39, 0.29) is 5.92 Å². The maximum Gasteiger partial charge on any atom is 0.227 e. The molecule has 0 unspecified atom stereocenters. The van der Waals surface area contributed by atoms with Gasteiger partial charge in [-0.05, 0) is 64.9 Å². The summed E-state index contributed by atoms with van der Waals surface area (Å²) in [4.78, 5) is 9.96. The highest BCUT2D eigenvalue weighted by Crippen LogP contribution is 2.43. The van der Waals surface area contributed by atoms with Gasteiger partial charge in [-0.15, -0.1) is 0 Å². The van der Waals surface area contributed by atoms with Crippen LogP contribution in [-0.2, 0) is 0 Å². The quantitative estimate of drug-likeness (QED) is 0.219. The molecule has 4 nitrogen and oxygen atoms in total. The third kappa shape index (κ3) is 3.19. The predicted molar refractivity (Wildman–Crippen MR) is 165 cm³/mol. The van der Waals surface area contributed by atoms with Crippen molar-refractivity contribution in [2.75, 3.05) is 0 Å². The summed E-state index contributed by atoms with van der Waals surface area (Å²) in [5.41, 5.74) is 7.87. The number of fused-ring (bicyclic) bond motifs is 7. The largest absolute Gasteiger partial charge is 0.437 e. The van der Waals surface area contributed by atoms with Crippen LogP contribution in [0.5, 0.6) is 0 Å². The van der Waals surface area contributed by atoms with Crippen molar-refractivity contribution in [3.8, 4) is 17.1 Å². The van der Waals surface area contributed by atoms with Crippen molar-refractivity contribution in [1.82, 2.24) is 14.5 Å². The zero-order chi connectivity index (χ0) is 27.0. The van der Waals surface area contributed by atoms with Crippen LogP contribution in [0, 0.1) is 6.92 Å². The summed E-state index contributed by atoms with van der Waals surface area (Å²) in [6.45, 7) is 6.56. The third-order valence-electron chi connectivity index (χ3n) is 8.05. The lowest BCUT2D eigenvalue weighted by atomic mass is 9.89. The summed E-state index contributed by atoms with van der Waals surface area (Å²) in [6, 6.07) is 36.4.